The molecule has 0 aromatic carbocycles. The van der Waals surface area contributed by atoms with Crippen molar-refractivity contribution in [3.05, 3.63) is 18.0 Å². The minimum Gasteiger partial charge on any atom is -0.373 e. The van der Waals surface area contributed by atoms with E-state index in [1.807, 2.05) is 28.8 Å². The van der Waals surface area contributed by atoms with Crippen LogP contribution in [0.3, 0.4) is 0 Å². The van der Waals surface area contributed by atoms with E-state index in [9.17, 15) is 4.79 Å². The number of hydrogen-bond acceptors (Lipinski definition) is 4. The molecule has 2 aliphatic heterocycles. The van der Waals surface area contributed by atoms with Gasteiger partial charge in [0.2, 0.25) is 5.91 Å². The van der Waals surface area contributed by atoms with E-state index in [4.69, 9.17) is 4.74 Å². The second kappa shape index (κ2) is 6.83. The third-order valence-electron chi connectivity index (χ3n) is 4.24. The third-order valence-corrected chi connectivity index (χ3v) is 5.46. The second-order valence-electron chi connectivity index (χ2n) is 5.74. The number of nitrogens with zero attached hydrogens (tertiary/aromatic N) is 2. The number of rotatable bonds is 4. The number of thioether (sulfide) groups is 1. The highest BCUT2D eigenvalue weighted by atomic mass is 32.2. The minimum atomic E-state index is -0.137. The van der Waals surface area contributed by atoms with Gasteiger partial charge in [0.05, 0.1) is 18.2 Å². The number of ether oxygens (including phenoxy) is 1. The summed E-state index contributed by atoms with van der Waals surface area (Å²) in [6, 6.07) is 0.330. The summed E-state index contributed by atoms with van der Waals surface area (Å²) in [4.78, 5) is 12.5. The summed E-state index contributed by atoms with van der Waals surface area (Å²) in [6.07, 6.45) is 6.78. The van der Waals surface area contributed by atoms with Crippen LogP contribution in [0.15, 0.2) is 12.4 Å². The minimum absolute atomic E-state index is 0.0774. The van der Waals surface area contributed by atoms with Crippen molar-refractivity contribution in [2.75, 3.05) is 18.1 Å². The van der Waals surface area contributed by atoms with Crippen LogP contribution in [0, 0.1) is 5.92 Å². The first-order chi connectivity index (χ1) is 10.3. The van der Waals surface area contributed by atoms with Gasteiger partial charge in [-0.15, -0.1) is 0 Å². The summed E-state index contributed by atoms with van der Waals surface area (Å²) >= 11 is 1.93. The Bertz CT molecular complexity index is 485. The lowest BCUT2D eigenvalue weighted by Gasteiger charge is -2.25. The highest BCUT2D eigenvalue weighted by molar-refractivity contribution is 7.99. The summed E-state index contributed by atoms with van der Waals surface area (Å²) in [7, 11) is 0. The van der Waals surface area contributed by atoms with Crippen LogP contribution in [0.5, 0.6) is 0 Å². The van der Waals surface area contributed by atoms with Crippen molar-refractivity contribution < 1.29 is 9.53 Å². The average molecular weight is 309 g/mol. The molecule has 1 N–H and O–H groups in total. The maximum Gasteiger partial charge on any atom is 0.226 e. The first-order valence-corrected chi connectivity index (χ1v) is 8.95. The Labute approximate surface area is 129 Å². The molecule has 21 heavy (non-hydrogen) atoms. The Morgan fingerprint density at radius 2 is 2.48 bits per heavy atom. The molecule has 1 aromatic rings. The number of nitrogens with one attached hydrogen (secondary N) is 1. The van der Waals surface area contributed by atoms with Gasteiger partial charge in [0.1, 0.15) is 0 Å². The van der Waals surface area contributed by atoms with E-state index in [2.05, 4.69) is 17.3 Å². The predicted octanol–water partition coefficient (Wildman–Crippen LogP) is 1.99. The van der Waals surface area contributed by atoms with Gasteiger partial charge in [0, 0.05) is 36.7 Å². The largest absolute Gasteiger partial charge is 0.373 e. The molecule has 0 unspecified atom stereocenters. The molecule has 5 nitrogen and oxygen atoms in total. The van der Waals surface area contributed by atoms with E-state index in [-0.39, 0.29) is 17.9 Å². The number of hydrogen-bond donors (Lipinski definition) is 1. The van der Waals surface area contributed by atoms with Gasteiger partial charge in [-0.1, -0.05) is 0 Å². The average Bonchev–Trinajstić information content (AvgIpc) is 3.16. The Hall–Kier alpha value is -1.01. The molecule has 3 atom stereocenters. The van der Waals surface area contributed by atoms with Crippen molar-refractivity contribution in [3.63, 3.8) is 0 Å². The van der Waals surface area contributed by atoms with Gasteiger partial charge in [-0.05, 0) is 31.9 Å². The molecular formula is C15H23N3O2S. The fourth-order valence-corrected chi connectivity index (χ4v) is 4.12. The molecule has 0 aliphatic carbocycles. The first-order valence-electron chi connectivity index (χ1n) is 7.80. The number of amides is 1. The molecule has 2 saturated heterocycles. The predicted molar refractivity (Wildman–Crippen MR) is 83.2 cm³/mol. The summed E-state index contributed by atoms with van der Waals surface area (Å²) in [6.45, 7) is 3.54. The molecule has 3 rings (SSSR count). The third kappa shape index (κ3) is 3.43. The fourth-order valence-electron chi connectivity index (χ4n) is 3.05. The Morgan fingerprint density at radius 3 is 3.19 bits per heavy atom. The van der Waals surface area contributed by atoms with Crippen LogP contribution in [0.4, 0.5) is 0 Å². The molecule has 2 aliphatic rings. The number of carbonyl (C=O) groups is 1. The summed E-state index contributed by atoms with van der Waals surface area (Å²) < 4.78 is 7.68. The lowest BCUT2D eigenvalue weighted by Crippen LogP contribution is -2.42. The van der Waals surface area contributed by atoms with Gasteiger partial charge in [-0.2, -0.15) is 16.9 Å². The van der Waals surface area contributed by atoms with E-state index in [1.165, 1.54) is 12.2 Å². The number of aromatic nitrogens is 2. The summed E-state index contributed by atoms with van der Waals surface area (Å²) in [5.41, 5.74) is 1.02. The van der Waals surface area contributed by atoms with Crippen LogP contribution in [-0.4, -0.2) is 39.8 Å². The standard InChI is InChI=1S/C15H23N3O2S/c1-2-18-9-11(8-16-18)14-13(5-6-20-14)15(19)17-12-4-3-7-21-10-12/h8-9,12-14H,2-7,10H2,1H3,(H,17,19)/t12-,13-,14+/m0/s1. The fraction of sp³-hybridized carbons (Fsp3) is 0.733. The Morgan fingerprint density at radius 1 is 1.57 bits per heavy atom. The monoisotopic (exact) mass is 309 g/mol. The van der Waals surface area contributed by atoms with Crippen molar-refractivity contribution in [1.82, 2.24) is 15.1 Å². The van der Waals surface area contributed by atoms with Crippen molar-refractivity contribution >= 4 is 17.7 Å². The highest BCUT2D eigenvalue weighted by Gasteiger charge is 2.36. The van der Waals surface area contributed by atoms with Crippen LogP contribution < -0.4 is 5.32 Å². The van der Waals surface area contributed by atoms with Gasteiger partial charge < -0.3 is 10.1 Å². The van der Waals surface area contributed by atoms with Crippen molar-refractivity contribution in [2.24, 2.45) is 5.92 Å². The molecule has 0 spiro atoms. The molecule has 6 heteroatoms. The van der Waals surface area contributed by atoms with Gasteiger partial charge >= 0.3 is 0 Å². The van der Waals surface area contributed by atoms with Gasteiger partial charge in [-0.25, -0.2) is 0 Å². The van der Waals surface area contributed by atoms with Crippen molar-refractivity contribution in [1.29, 1.82) is 0 Å². The van der Waals surface area contributed by atoms with Crippen molar-refractivity contribution in [2.45, 2.75) is 44.9 Å². The number of aryl methyl sites for hydroxylation is 1. The normalized spacial score (nSPS) is 29.5. The quantitative estimate of drug-likeness (QED) is 0.924. The van der Waals surface area contributed by atoms with E-state index in [1.54, 1.807) is 0 Å². The van der Waals surface area contributed by atoms with Crippen LogP contribution >= 0.6 is 11.8 Å². The summed E-state index contributed by atoms with van der Waals surface area (Å²) in [5.74, 6) is 2.33. The van der Waals surface area contributed by atoms with Crippen LogP contribution in [0.2, 0.25) is 0 Å². The molecule has 0 bridgehead atoms. The Kier molecular flexibility index (Phi) is 4.85. The van der Waals surface area contributed by atoms with E-state index >= 15 is 0 Å². The first kappa shape index (κ1) is 14.9. The molecule has 3 heterocycles. The van der Waals surface area contributed by atoms with E-state index in [0.717, 1.165) is 30.7 Å². The maximum atomic E-state index is 12.5. The molecule has 116 valence electrons. The van der Waals surface area contributed by atoms with Gasteiger partial charge in [0.25, 0.3) is 0 Å². The highest BCUT2D eigenvalue weighted by Crippen LogP contribution is 2.34. The van der Waals surface area contributed by atoms with Crippen LogP contribution in [-0.2, 0) is 16.1 Å². The van der Waals surface area contributed by atoms with E-state index in [0.29, 0.717) is 12.6 Å². The van der Waals surface area contributed by atoms with Crippen molar-refractivity contribution in [3.8, 4) is 0 Å². The van der Waals surface area contributed by atoms with E-state index < -0.39 is 0 Å². The lowest BCUT2D eigenvalue weighted by atomic mass is 9.96. The second-order valence-corrected chi connectivity index (χ2v) is 6.89. The molecule has 1 amide bonds. The molecule has 2 fully saturated rings. The van der Waals surface area contributed by atoms with Gasteiger partial charge in [-0.3, -0.25) is 9.48 Å². The molecule has 1 aromatic heterocycles. The number of carbonyl (C=O) groups excluding carboxylic acids is 1. The topological polar surface area (TPSA) is 56.1 Å². The molecule has 0 radical (unpaired) electrons. The molecule has 0 saturated carbocycles. The molecular weight excluding hydrogens is 286 g/mol. The SMILES string of the molecule is CCn1cc([C@H]2OCC[C@@H]2C(=O)N[C@H]2CCCSC2)cn1. The van der Waals surface area contributed by atoms with Crippen LogP contribution in [0.25, 0.3) is 0 Å². The van der Waals surface area contributed by atoms with Crippen LogP contribution in [0.1, 0.15) is 37.9 Å². The summed E-state index contributed by atoms with van der Waals surface area (Å²) in [5, 5.41) is 7.50. The Balaban J connectivity index is 1.63. The zero-order chi connectivity index (χ0) is 14.7. The zero-order valence-corrected chi connectivity index (χ0v) is 13.3. The smallest absolute Gasteiger partial charge is 0.226 e. The maximum absolute atomic E-state index is 12.5. The van der Waals surface area contributed by atoms with Gasteiger partial charge in [0.15, 0.2) is 0 Å². The lowest BCUT2D eigenvalue weighted by molar-refractivity contribution is -0.127. The zero-order valence-electron chi connectivity index (χ0n) is 12.5.